The van der Waals surface area contributed by atoms with E-state index in [9.17, 15) is 19.1 Å². The Kier molecular flexibility index (Phi) is 4.39. The number of hydrogen-bond donors (Lipinski definition) is 2. The van der Waals surface area contributed by atoms with E-state index in [0.29, 0.717) is 24.1 Å². The molecule has 2 N–H and O–H groups in total. The lowest BCUT2D eigenvalue weighted by Crippen LogP contribution is -2.41. The monoisotopic (exact) mass is 308 g/mol. The van der Waals surface area contributed by atoms with Crippen molar-refractivity contribution in [3.05, 3.63) is 35.1 Å². The Bertz CT molecular complexity index is 605. The molecular formula is C16H21FN2O3. The molecule has 1 heterocycles. The minimum Gasteiger partial charge on any atom is -0.481 e. The van der Waals surface area contributed by atoms with E-state index in [1.807, 2.05) is 0 Å². The van der Waals surface area contributed by atoms with E-state index in [2.05, 4.69) is 5.32 Å². The van der Waals surface area contributed by atoms with Gasteiger partial charge in [0.15, 0.2) is 0 Å². The normalized spacial score (nSPS) is 22.5. The number of carboxylic acids is 1. The molecule has 2 unspecified atom stereocenters. The molecule has 5 nitrogen and oxygen atoms in total. The van der Waals surface area contributed by atoms with Crippen LogP contribution in [0.5, 0.6) is 0 Å². The summed E-state index contributed by atoms with van der Waals surface area (Å²) in [7, 11) is 0. The maximum atomic E-state index is 13.6. The van der Waals surface area contributed by atoms with Crippen LogP contribution in [0.25, 0.3) is 0 Å². The lowest BCUT2D eigenvalue weighted by atomic mass is 9.90. The van der Waals surface area contributed by atoms with Gasteiger partial charge in [-0.2, -0.15) is 0 Å². The van der Waals surface area contributed by atoms with Crippen LogP contribution in [0.1, 0.15) is 37.4 Å². The summed E-state index contributed by atoms with van der Waals surface area (Å²) in [6.07, 6.45) is 0.434. The van der Waals surface area contributed by atoms with Crippen LogP contribution in [-0.4, -0.2) is 35.1 Å². The number of benzene rings is 1. The van der Waals surface area contributed by atoms with E-state index in [0.717, 1.165) is 0 Å². The molecule has 120 valence electrons. The lowest BCUT2D eigenvalue weighted by Gasteiger charge is -2.23. The van der Waals surface area contributed by atoms with Crippen LogP contribution in [0.15, 0.2) is 18.2 Å². The first kappa shape index (κ1) is 16.3. The Morgan fingerprint density at radius 1 is 1.45 bits per heavy atom. The van der Waals surface area contributed by atoms with Crippen LogP contribution in [0.4, 0.5) is 9.18 Å². The third-order valence-corrected chi connectivity index (χ3v) is 4.31. The highest BCUT2D eigenvalue weighted by atomic mass is 19.1. The third-order valence-electron chi connectivity index (χ3n) is 4.31. The molecule has 0 radical (unpaired) electrons. The number of likely N-dealkylation sites (tertiary alicyclic amines) is 1. The van der Waals surface area contributed by atoms with Crippen molar-refractivity contribution in [2.45, 2.75) is 33.2 Å². The number of hydrogen-bond acceptors (Lipinski definition) is 2. The molecule has 1 aromatic rings. The molecule has 22 heavy (non-hydrogen) atoms. The van der Waals surface area contributed by atoms with Gasteiger partial charge < -0.3 is 15.3 Å². The molecule has 0 bridgehead atoms. The Morgan fingerprint density at radius 3 is 2.68 bits per heavy atom. The number of carbonyl (C=O) groups is 2. The van der Waals surface area contributed by atoms with Gasteiger partial charge in [0.1, 0.15) is 5.82 Å². The maximum absolute atomic E-state index is 13.6. The molecule has 1 fully saturated rings. The fourth-order valence-electron chi connectivity index (χ4n) is 2.55. The predicted octanol–water partition coefficient (Wildman–Crippen LogP) is 2.70. The predicted molar refractivity (Wildman–Crippen MR) is 80.0 cm³/mol. The number of rotatable bonds is 3. The zero-order chi connectivity index (χ0) is 16.5. The van der Waals surface area contributed by atoms with Crippen molar-refractivity contribution in [2.75, 3.05) is 13.1 Å². The molecule has 1 aliphatic heterocycles. The Labute approximate surface area is 129 Å². The molecule has 0 aliphatic carbocycles. The van der Waals surface area contributed by atoms with Gasteiger partial charge in [-0.25, -0.2) is 9.18 Å². The van der Waals surface area contributed by atoms with Crippen molar-refractivity contribution in [1.82, 2.24) is 10.2 Å². The van der Waals surface area contributed by atoms with Crippen LogP contribution in [0, 0.1) is 18.2 Å². The lowest BCUT2D eigenvalue weighted by molar-refractivity contribution is -0.147. The van der Waals surface area contributed by atoms with E-state index < -0.39 is 11.4 Å². The van der Waals surface area contributed by atoms with Crippen molar-refractivity contribution in [2.24, 2.45) is 5.41 Å². The quantitative estimate of drug-likeness (QED) is 0.902. The van der Waals surface area contributed by atoms with Gasteiger partial charge in [0, 0.05) is 13.1 Å². The van der Waals surface area contributed by atoms with E-state index >= 15 is 0 Å². The minimum atomic E-state index is -0.892. The van der Waals surface area contributed by atoms with Gasteiger partial charge in [0.25, 0.3) is 0 Å². The number of urea groups is 1. The van der Waals surface area contributed by atoms with Crippen molar-refractivity contribution in [3.63, 3.8) is 0 Å². The number of nitrogens with zero attached hydrogens (tertiary/aromatic N) is 1. The summed E-state index contributed by atoms with van der Waals surface area (Å²) >= 11 is 0. The summed E-state index contributed by atoms with van der Waals surface area (Å²) in [4.78, 5) is 24.9. The van der Waals surface area contributed by atoms with Gasteiger partial charge in [-0.3, -0.25) is 4.79 Å². The topological polar surface area (TPSA) is 69.6 Å². The first-order chi connectivity index (χ1) is 10.2. The van der Waals surface area contributed by atoms with E-state index in [1.54, 1.807) is 32.9 Å². The van der Waals surface area contributed by atoms with Gasteiger partial charge in [-0.15, -0.1) is 0 Å². The molecule has 0 aromatic heterocycles. The SMILES string of the molecule is Cc1ccc(C(C)NC(=O)N2CCC(C)(C(=O)O)C2)cc1F. The summed E-state index contributed by atoms with van der Waals surface area (Å²) in [6.45, 7) is 5.68. The molecular weight excluding hydrogens is 287 g/mol. The molecule has 2 rings (SSSR count). The van der Waals surface area contributed by atoms with Crippen LogP contribution < -0.4 is 5.32 Å². The van der Waals surface area contributed by atoms with Gasteiger partial charge in [-0.1, -0.05) is 12.1 Å². The van der Waals surface area contributed by atoms with Crippen molar-refractivity contribution >= 4 is 12.0 Å². The maximum Gasteiger partial charge on any atom is 0.317 e. The highest BCUT2D eigenvalue weighted by Gasteiger charge is 2.42. The Morgan fingerprint density at radius 2 is 2.14 bits per heavy atom. The fourth-order valence-corrected chi connectivity index (χ4v) is 2.55. The Balaban J connectivity index is 2.00. The van der Waals surface area contributed by atoms with Crippen LogP contribution >= 0.6 is 0 Å². The number of aliphatic carboxylic acids is 1. The first-order valence-electron chi connectivity index (χ1n) is 7.28. The smallest absolute Gasteiger partial charge is 0.317 e. The molecule has 2 atom stereocenters. The third kappa shape index (κ3) is 3.21. The van der Waals surface area contributed by atoms with Crippen LogP contribution in [-0.2, 0) is 4.79 Å². The molecule has 0 saturated carbocycles. The van der Waals surface area contributed by atoms with Gasteiger partial charge in [0.05, 0.1) is 11.5 Å². The number of amides is 2. The number of carboxylic acid groups (broad SMARTS) is 1. The molecule has 6 heteroatoms. The summed E-state index contributed by atoms with van der Waals surface area (Å²) in [6, 6.07) is 4.18. The average molecular weight is 308 g/mol. The number of nitrogens with one attached hydrogen (secondary N) is 1. The Hall–Kier alpha value is -2.11. The van der Waals surface area contributed by atoms with Gasteiger partial charge in [0.2, 0.25) is 0 Å². The van der Waals surface area contributed by atoms with E-state index in [4.69, 9.17) is 0 Å². The zero-order valence-corrected chi connectivity index (χ0v) is 13.0. The fraction of sp³-hybridized carbons (Fsp3) is 0.500. The number of halogens is 1. The highest BCUT2D eigenvalue weighted by molar-refractivity contribution is 5.79. The zero-order valence-electron chi connectivity index (χ0n) is 13.0. The van der Waals surface area contributed by atoms with Gasteiger partial charge >= 0.3 is 12.0 Å². The van der Waals surface area contributed by atoms with Gasteiger partial charge in [-0.05, 0) is 44.4 Å². The summed E-state index contributed by atoms with van der Waals surface area (Å²) in [5.41, 5.74) is 0.340. The first-order valence-corrected chi connectivity index (χ1v) is 7.28. The highest BCUT2D eigenvalue weighted by Crippen LogP contribution is 2.30. The van der Waals surface area contributed by atoms with Crippen molar-refractivity contribution in [3.8, 4) is 0 Å². The summed E-state index contributed by atoms with van der Waals surface area (Å²) in [5, 5.41) is 12.0. The number of carbonyl (C=O) groups excluding carboxylic acids is 1. The van der Waals surface area contributed by atoms with E-state index in [-0.39, 0.29) is 24.4 Å². The van der Waals surface area contributed by atoms with Crippen LogP contribution in [0.2, 0.25) is 0 Å². The number of aryl methyl sites for hydroxylation is 1. The second kappa shape index (κ2) is 5.94. The van der Waals surface area contributed by atoms with Crippen molar-refractivity contribution < 1.29 is 19.1 Å². The largest absolute Gasteiger partial charge is 0.481 e. The van der Waals surface area contributed by atoms with Crippen LogP contribution in [0.3, 0.4) is 0 Å². The molecule has 1 saturated heterocycles. The standard InChI is InChI=1S/C16H21FN2O3/c1-10-4-5-12(8-13(10)17)11(2)18-15(22)19-7-6-16(3,9-19)14(20)21/h4-5,8,11H,6-7,9H2,1-3H3,(H,18,22)(H,20,21). The second-order valence-corrected chi connectivity index (χ2v) is 6.22. The minimum absolute atomic E-state index is 0.184. The average Bonchev–Trinajstić information content (AvgIpc) is 2.86. The summed E-state index contributed by atoms with van der Waals surface area (Å²) in [5.74, 6) is -1.20. The second-order valence-electron chi connectivity index (χ2n) is 6.22. The summed E-state index contributed by atoms with van der Waals surface area (Å²) < 4.78 is 13.6. The van der Waals surface area contributed by atoms with Crippen molar-refractivity contribution in [1.29, 1.82) is 0 Å². The molecule has 2 amide bonds. The molecule has 1 aliphatic rings. The van der Waals surface area contributed by atoms with E-state index in [1.165, 1.54) is 11.0 Å². The molecule has 1 aromatic carbocycles. The molecule has 0 spiro atoms.